The van der Waals surface area contributed by atoms with E-state index in [2.05, 4.69) is 115 Å². The molecule has 0 heterocycles. The molecular weight excluding hydrogens is 466 g/mol. The van der Waals surface area contributed by atoms with Crippen molar-refractivity contribution in [3.8, 4) is 16.9 Å². The molecule has 5 rings (SSSR count). The highest BCUT2D eigenvalue weighted by molar-refractivity contribution is 5.83. The molecule has 0 spiro atoms. The summed E-state index contributed by atoms with van der Waals surface area (Å²) in [5.74, 6) is 0.0332. The van der Waals surface area contributed by atoms with Gasteiger partial charge in [0, 0.05) is 23.1 Å². The maximum absolute atomic E-state index is 11.3. The molecule has 0 saturated heterocycles. The molecule has 0 aliphatic heterocycles. The minimum atomic E-state index is -0.465. The van der Waals surface area contributed by atoms with E-state index in [9.17, 15) is 4.79 Å². The van der Waals surface area contributed by atoms with Crippen molar-refractivity contribution in [3.05, 3.63) is 157 Å². The highest BCUT2D eigenvalue weighted by Gasteiger charge is 2.11. The molecule has 3 nitrogen and oxygen atoms in total. The van der Waals surface area contributed by atoms with Gasteiger partial charge in [-0.15, -0.1) is 0 Å². The molecule has 0 amide bonds. The van der Waals surface area contributed by atoms with Gasteiger partial charge in [0.1, 0.15) is 5.75 Å². The molecule has 0 radical (unpaired) electrons. The van der Waals surface area contributed by atoms with E-state index in [4.69, 9.17) is 4.74 Å². The molecule has 0 bridgehead atoms. The summed E-state index contributed by atoms with van der Waals surface area (Å²) in [5.41, 5.74) is 7.79. The Labute approximate surface area is 223 Å². The second kappa shape index (κ2) is 11.7. The van der Waals surface area contributed by atoms with Gasteiger partial charge in [0.2, 0.25) is 0 Å². The number of para-hydroxylation sites is 2. The van der Waals surface area contributed by atoms with Crippen LogP contribution in [0.1, 0.15) is 11.1 Å². The lowest BCUT2D eigenvalue weighted by atomic mass is 10.0. The van der Waals surface area contributed by atoms with E-state index < -0.39 is 5.97 Å². The third-order valence-electron chi connectivity index (χ3n) is 6.13. The van der Waals surface area contributed by atoms with E-state index in [1.807, 2.05) is 30.3 Å². The molecular formula is C35H27NO2. The molecule has 0 aliphatic rings. The van der Waals surface area contributed by atoms with Crippen LogP contribution < -0.4 is 9.64 Å². The van der Waals surface area contributed by atoms with Gasteiger partial charge in [-0.1, -0.05) is 104 Å². The van der Waals surface area contributed by atoms with Crippen molar-refractivity contribution in [2.75, 3.05) is 4.90 Å². The molecule has 0 saturated carbocycles. The van der Waals surface area contributed by atoms with Crippen LogP contribution in [0, 0.1) is 0 Å². The first-order chi connectivity index (χ1) is 18.7. The van der Waals surface area contributed by atoms with Gasteiger partial charge in [-0.3, -0.25) is 0 Å². The molecule has 0 aliphatic carbocycles. The van der Waals surface area contributed by atoms with Crippen molar-refractivity contribution in [2.45, 2.75) is 0 Å². The van der Waals surface area contributed by atoms with Crippen LogP contribution in [0.3, 0.4) is 0 Å². The molecule has 5 aromatic rings. The fraction of sp³-hybridized carbons (Fsp3) is 0. The van der Waals surface area contributed by atoms with Crippen LogP contribution >= 0.6 is 0 Å². The first-order valence-electron chi connectivity index (χ1n) is 12.4. The van der Waals surface area contributed by atoms with Crippen LogP contribution in [0.5, 0.6) is 5.75 Å². The van der Waals surface area contributed by atoms with Crippen molar-refractivity contribution in [2.24, 2.45) is 0 Å². The Hall–Kier alpha value is -5.15. The van der Waals surface area contributed by atoms with Crippen molar-refractivity contribution < 1.29 is 9.53 Å². The quantitative estimate of drug-likeness (QED) is 0.0934. The number of ether oxygens (including phenoxy) is 1. The molecule has 5 aromatic carbocycles. The number of benzene rings is 5. The number of anilines is 3. The zero-order chi connectivity index (χ0) is 26.2. The van der Waals surface area contributed by atoms with Gasteiger partial charge in [0.15, 0.2) is 0 Å². The average Bonchev–Trinajstić information content (AvgIpc) is 2.99. The van der Waals surface area contributed by atoms with Gasteiger partial charge in [-0.05, 0) is 70.8 Å². The Balaban J connectivity index is 1.30. The molecule has 38 heavy (non-hydrogen) atoms. The highest BCUT2D eigenvalue weighted by Crippen LogP contribution is 2.35. The number of hydrogen-bond acceptors (Lipinski definition) is 3. The Morgan fingerprint density at radius 3 is 1.45 bits per heavy atom. The van der Waals surface area contributed by atoms with Crippen LogP contribution in [-0.2, 0) is 4.79 Å². The van der Waals surface area contributed by atoms with E-state index in [1.165, 1.54) is 0 Å². The molecule has 0 unspecified atom stereocenters. The summed E-state index contributed by atoms with van der Waals surface area (Å²) in [5, 5.41) is 0. The summed E-state index contributed by atoms with van der Waals surface area (Å²) in [4.78, 5) is 13.6. The zero-order valence-corrected chi connectivity index (χ0v) is 20.9. The van der Waals surface area contributed by atoms with E-state index in [-0.39, 0.29) is 0 Å². The van der Waals surface area contributed by atoms with Crippen LogP contribution in [0.4, 0.5) is 17.1 Å². The van der Waals surface area contributed by atoms with E-state index in [1.54, 1.807) is 12.1 Å². The number of carbonyl (C=O) groups is 1. The Kier molecular flexibility index (Phi) is 7.57. The van der Waals surface area contributed by atoms with Crippen LogP contribution in [0.25, 0.3) is 23.3 Å². The average molecular weight is 494 g/mol. The van der Waals surface area contributed by atoms with Gasteiger partial charge in [-0.2, -0.15) is 0 Å². The van der Waals surface area contributed by atoms with Crippen molar-refractivity contribution in [1.29, 1.82) is 0 Å². The summed E-state index contributed by atoms with van der Waals surface area (Å²) in [6.07, 6.45) is 5.25. The van der Waals surface area contributed by atoms with Gasteiger partial charge < -0.3 is 9.64 Å². The molecule has 0 fully saturated rings. The van der Waals surface area contributed by atoms with Gasteiger partial charge in [0.25, 0.3) is 0 Å². The van der Waals surface area contributed by atoms with Crippen molar-refractivity contribution >= 4 is 35.2 Å². The summed E-state index contributed by atoms with van der Waals surface area (Å²) in [7, 11) is 0. The Morgan fingerprint density at radius 2 is 0.974 bits per heavy atom. The van der Waals surface area contributed by atoms with E-state index in [0.717, 1.165) is 45.4 Å². The Bertz CT molecular complexity index is 1480. The largest absolute Gasteiger partial charge is 0.423 e. The Morgan fingerprint density at radius 1 is 0.553 bits per heavy atom. The van der Waals surface area contributed by atoms with Crippen LogP contribution in [0.15, 0.2) is 146 Å². The third-order valence-corrected chi connectivity index (χ3v) is 6.13. The van der Waals surface area contributed by atoms with Crippen LogP contribution in [-0.4, -0.2) is 5.97 Å². The fourth-order valence-corrected chi connectivity index (χ4v) is 4.19. The zero-order valence-electron chi connectivity index (χ0n) is 20.9. The fourth-order valence-electron chi connectivity index (χ4n) is 4.19. The monoisotopic (exact) mass is 493 g/mol. The second-order valence-corrected chi connectivity index (χ2v) is 8.70. The molecule has 3 heteroatoms. The summed E-state index contributed by atoms with van der Waals surface area (Å²) in [6, 6.07) is 45.3. The highest BCUT2D eigenvalue weighted by atomic mass is 16.5. The maximum atomic E-state index is 11.3. The molecule has 184 valence electrons. The minimum absolute atomic E-state index is 0.465. The summed E-state index contributed by atoms with van der Waals surface area (Å²) < 4.78 is 5.12. The van der Waals surface area contributed by atoms with Gasteiger partial charge in [-0.25, -0.2) is 4.79 Å². The van der Waals surface area contributed by atoms with Gasteiger partial charge in [0.05, 0.1) is 0 Å². The van der Waals surface area contributed by atoms with Gasteiger partial charge >= 0.3 is 5.97 Å². The van der Waals surface area contributed by atoms with E-state index >= 15 is 0 Å². The summed E-state index contributed by atoms with van der Waals surface area (Å²) in [6.45, 7) is 3.41. The lowest BCUT2D eigenvalue weighted by Gasteiger charge is -2.25. The number of esters is 1. The number of carbonyl (C=O) groups excluding carboxylic acids is 1. The number of nitrogens with zero attached hydrogens (tertiary/aromatic N) is 1. The van der Waals surface area contributed by atoms with Crippen molar-refractivity contribution in [3.63, 3.8) is 0 Å². The lowest BCUT2D eigenvalue weighted by Crippen LogP contribution is -2.09. The third kappa shape index (κ3) is 5.97. The SMILES string of the molecule is C=CC(=O)Oc1ccc(C=Cc2ccc(-c3ccc(N(c4ccccc4)c4ccccc4)cc3)cc2)cc1. The molecule has 0 N–H and O–H groups in total. The molecule has 0 atom stereocenters. The maximum Gasteiger partial charge on any atom is 0.335 e. The van der Waals surface area contributed by atoms with Crippen molar-refractivity contribution in [1.82, 2.24) is 0 Å². The first kappa shape index (κ1) is 24.5. The topological polar surface area (TPSA) is 29.5 Å². The predicted molar refractivity (Wildman–Crippen MR) is 158 cm³/mol. The first-order valence-corrected chi connectivity index (χ1v) is 12.4. The van der Waals surface area contributed by atoms with E-state index in [0.29, 0.717) is 5.75 Å². The summed E-state index contributed by atoms with van der Waals surface area (Å²) >= 11 is 0. The minimum Gasteiger partial charge on any atom is -0.423 e. The van der Waals surface area contributed by atoms with Crippen LogP contribution in [0.2, 0.25) is 0 Å². The standard InChI is InChI=1S/C35H27NO2/c1-2-35(37)38-34-25-17-28(18-26-34)14-13-27-15-19-29(20-16-27)30-21-23-33(24-22-30)36(31-9-5-3-6-10-31)32-11-7-4-8-12-32/h2-26H,1H2. The number of rotatable bonds is 8. The smallest absolute Gasteiger partial charge is 0.335 e. The normalized spacial score (nSPS) is 10.7. The lowest BCUT2D eigenvalue weighted by molar-refractivity contribution is -0.128. The number of hydrogen-bond donors (Lipinski definition) is 0. The predicted octanol–water partition coefficient (Wildman–Crippen LogP) is 9.09. The second-order valence-electron chi connectivity index (χ2n) is 8.70. The molecule has 0 aromatic heterocycles.